The van der Waals surface area contributed by atoms with Crippen molar-refractivity contribution < 1.29 is 14.6 Å². The molecule has 0 spiro atoms. The second kappa shape index (κ2) is 7.37. The summed E-state index contributed by atoms with van der Waals surface area (Å²) in [7, 11) is 0. The predicted octanol–water partition coefficient (Wildman–Crippen LogP) is 1.87. The van der Waals surface area contributed by atoms with E-state index >= 15 is 0 Å². The summed E-state index contributed by atoms with van der Waals surface area (Å²) in [5.41, 5.74) is 0. The molecule has 120 valence electrons. The number of ketones is 1. The highest BCUT2D eigenvalue weighted by Gasteiger charge is 2.26. The Morgan fingerprint density at radius 2 is 1.87 bits per heavy atom. The fourth-order valence-electron chi connectivity index (χ4n) is 2.72. The minimum Gasteiger partial charge on any atom is -0.335 e. The van der Waals surface area contributed by atoms with Crippen molar-refractivity contribution in [2.45, 2.75) is 12.8 Å². The number of carbonyl (C=O) groups is 2. The van der Waals surface area contributed by atoms with E-state index in [1.54, 1.807) is 0 Å². The maximum absolute atomic E-state index is 12.3. The molecule has 3 heterocycles. The highest BCUT2D eigenvalue weighted by molar-refractivity contribution is 7.12. The smallest absolute Gasteiger partial charge is 0.274 e. The number of hydrogen-bond donors (Lipinski definition) is 0. The van der Waals surface area contributed by atoms with Crippen molar-refractivity contribution in [3.8, 4) is 0 Å². The lowest BCUT2D eigenvalue weighted by molar-refractivity contribution is -0.364. The number of rotatable bonds is 5. The van der Waals surface area contributed by atoms with Crippen molar-refractivity contribution in [3.63, 3.8) is 0 Å². The van der Waals surface area contributed by atoms with E-state index in [0.29, 0.717) is 25.9 Å². The average Bonchev–Trinajstić information content (AvgIpc) is 3.15. The Labute approximate surface area is 139 Å². The van der Waals surface area contributed by atoms with Crippen LogP contribution in [0.5, 0.6) is 0 Å². The second-order valence-electron chi connectivity index (χ2n) is 5.52. The van der Waals surface area contributed by atoms with Gasteiger partial charge in [0.25, 0.3) is 5.82 Å². The number of hydrogen-bond acceptors (Lipinski definition) is 4. The highest BCUT2D eigenvalue weighted by atomic mass is 32.1. The lowest BCUT2D eigenvalue weighted by Gasteiger charge is -2.31. The van der Waals surface area contributed by atoms with Gasteiger partial charge >= 0.3 is 0 Å². The van der Waals surface area contributed by atoms with E-state index in [-0.39, 0.29) is 11.7 Å². The predicted molar refractivity (Wildman–Crippen MR) is 89.7 cm³/mol. The number of aromatic amines is 1. The number of piperazine rings is 1. The molecule has 0 aromatic carbocycles. The van der Waals surface area contributed by atoms with Gasteiger partial charge in [0.05, 0.1) is 24.2 Å². The maximum atomic E-state index is 12.3. The number of nitrogens with zero attached hydrogens (tertiary/aromatic N) is 2. The molecule has 0 bridgehead atoms. The number of anilines is 1. The highest BCUT2D eigenvalue weighted by Crippen LogP contribution is 2.14. The van der Waals surface area contributed by atoms with Crippen molar-refractivity contribution in [3.05, 3.63) is 46.8 Å². The van der Waals surface area contributed by atoms with Gasteiger partial charge in [0.2, 0.25) is 5.91 Å². The fraction of sp³-hybridized carbons (Fsp3) is 0.353. The Bertz CT molecular complexity index is 650. The van der Waals surface area contributed by atoms with Crippen molar-refractivity contribution >= 4 is 28.8 Å². The first kappa shape index (κ1) is 15.7. The number of pyridine rings is 1. The molecule has 0 atom stereocenters. The summed E-state index contributed by atoms with van der Waals surface area (Å²) in [6.07, 6.45) is 2.50. The second-order valence-corrected chi connectivity index (χ2v) is 6.46. The number of nitrogens with one attached hydrogen (secondary N) is 1. The van der Waals surface area contributed by atoms with Gasteiger partial charge in [0.1, 0.15) is 13.1 Å². The standard InChI is InChI=1S/C17H19N3O2S/c21-14(15-4-3-13-23-15)6-7-17(22)20-11-9-19(10-12-20)16-5-1-2-8-18-16/h1-5,8,13H,6-7,9-12H2/p+1. The van der Waals surface area contributed by atoms with Gasteiger partial charge in [0, 0.05) is 18.9 Å². The first-order valence-corrected chi connectivity index (χ1v) is 8.68. The zero-order valence-electron chi connectivity index (χ0n) is 12.9. The Morgan fingerprint density at radius 3 is 2.52 bits per heavy atom. The fourth-order valence-corrected chi connectivity index (χ4v) is 3.41. The van der Waals surface area contributed by atoms with Gasteiger partial charge in [-0.25, -0.2) is 4.98 Å². The number of H-pyrrole nitrogens is 1. The van der Waals surface area contributed by atoms with E-state index in [0.717, 1.165) is 23.8 Å². The normalized spacial score (nSPS) is 14.8. The maximum Gasteiger partial charge on any atom is 0.274 e. The van der Waals surface area contributed by atoms with Crippen LogP contribution in [0.15, 0.2) is 41.9 Å². The van der Waals surface area contributed by atoms with Gasteiger partial charge in [-0.2, -0.15) is 0 Å². The molecule has 1 saturated heterocycles. The van der Waals surface area contributed by atoms with Crippen LogP contribution in [-0.4, -0.2) is 42.8 Å². The summed E-state index contributed by atoms with van der Waals surface area (Å²) in [6, 6.07) is 9.66. The minimum absolute atomic E-state index is 0.0610. The van der Waals surface area contributed by atoms with E-state index in [1.807, 2.05) is 46.8 Å². The van der Waals surface area contributed by atoms with Gasteiger partial charge in [-0.15, -0.1) is 11.3 Å². The summed E-state index contributed by atoms with van der Waals surface area (Å²) < 4.78 is 0. The van der Waals surface area contributed by atoms with Crippen LogP contribution >= 0.6 is 11.3 Å². The van der Waals surface area contributed by atoms with Crippen molar-refractivity contribution in [1.82, 2.24) is 4.90 Å². The molecule has 1 amide bonds. The molecule has 3 rings (SSSR count). The molecule has 0 saturated carbocycles. The first-order valence-electron chi connectivity index (χ1n) is 7.80. The third kappa shape index (κ3) is 3.96. The summed E-state index contributed by atoms with van der Waals surface area (Å²) in [5, 5.41) is 1.88. The number of thiophene rings is 1. The molecule has 0 aliphatic carbocycles. The molecule has 1 N–H and O–H groups in total. The molecule has 0 unspecified atom stereocenters. The van der Waals surface area contributed by atoms with Crippen LogP contribution in [-0.2, 0) is 4.79 Å². The third-order valence-corrected chi connectivity index (χ3v) is 4.94. The lowest BCUT2D eigenvalue weighted by atomic mass is 10.1. The van der Waals surface area contributed by atoms with Crippen LogP contribution in [0.1, 0.15) is 22.5 Å². The third-order valence-electron chi connectivity index (χ3n) is 4.03. The summed E-state index contributed by atoms with van der Waals surface area (Å²) in [5.74, 6) is 1.21. The van der Waals surface area contributed by atoms with Gasteiger partial charge in [-0.3, -0.25) is 14.5 Å². The molecule has 0 radical (unpaired) electrons. The summed E-state index contributed by atoms with van der Waals surface area (Å²) in [6.45, 7) is 3.03. The molecule has 1 aliphatic rings. The van der Waals surface area contributed by atoms with Crippen molar-refractivity contribution in [1.29, 1.82) is 0 Å². The lowest BCUT2D eigenvalue weighted by Crippen LogP contribution is -2.50. The largest absolute Gasteiger partial charge is 0.335 e. The Balaban J connectivity index is 1.46. The zero-order chi connectivity index (χ0) is 16.1. The van der Waals surface area contributed by atoms with Crippen molar-refractivity contribution in [2.24, 2.45) is 0 Å². The van der Waals surface area contributed by atoms with Crippen LogP contribution in [0.4, 0.5) is 5.82 Å². The quantitative estimate of drug-likeness (QED) is 0.787. The number of Topliss-reactive ketones (excluding diaryl/α,β-unsaturated/α-hetero) is 1. The first-order chi connectivity index (χ1) is 11.2. The zero-order valence-corrected chi connectivity index (χ0v) is 13.7. The molecule has 6 heteroatoms. The Hall–Kier alpha value is -2.21. The van der Waals surface area contributed by atoms with Gasteiger partial charge in [0.15, 0.2) is 5.78 Å². The van der Waals surface area contributed by atoms with Gasteiger partial charge < -0.3 is 4.90 Å². The van der Waals surface area contributed by atoms with Crippen LogP contribution < -0.4 is 9.88 Å². The van der Waals surface area contributed by atoms with E-state index < -0.39 is 0 Å². The Kier molecular flexibility index (Phi) is 5.02. The van der Waals surface area contributed by atoms with Crippen LogP contribution in [0.25, 0.3) is 0 Å². The molecule has 5 nitrogen and oxygen atoms in total. The minimum atomic E-state index is 0.0610. The molecular weight excluding hydrogens is 310 g/mol. The van der Waals surface area contributed by atoms with Gasteiger partial charge in [-0.1, -0.05) is 12.1 Å². The number of carbonyl (C=O) groups excluding carboxylic acids is 2. The summed E-state index contributed by atoms with van der Waals surface area (Å²) >= 11 is 1.43. The van der Waals surface area contributed by atoms with E-state index in [2.05, 4.69) is 9.88 Å². The molecule has 2 aromatic rings. The molecule has 2 aromatic heterocycles. The SMILES string of the molecule is O=C(CCC(=O)N1CCN(c2cccc[nH+]2)CC1)c1cccs1. The molecular formula is C17H20N3O2S+. The monoisotopic (exact) mass is 330 g/mol. The Morgan fingerprint density at radius 1 is 1.04 bits per heavy atom. The molecule has 23 heavy (non-hydrogen) atoms. The van der Waals surface area contributed by atoms with E-state index in [9.17, 15) is 9.59 Å². The number of aromatic nitrogens is 1. The van der Waals surface area contributed by atoms with Crippen LogP contribution in [0, 0.1) is 0 Å². The van der Waals surface area contributed by atoms with Crippen molar-refractivity contribution in [2.75, 3.05) is 31.1 Å². The van der Waals surface area contributed by atoms with E-state index in [4.69, 9.17) is 0 Å². The molecule has 1 fully saturated rings. The molecule has 1 aliphatic heterocycles. The van der Waals surface area contributed by atoms with Crippen LogP contribution in [0.3, 0.4) is 0 Å². The number of amides is 1. The van der Waals surface area contributed by atoms with E-state index in [1.165, 1.54) is 11.3 Å². The summed E-state index contributed by atoms with van der Waals surface area (Å²) in [4.78, 5) is 32.3. The topological polar surface area (TPSA) is 54.8 Å². The van der Waals surface area contributed by atoms with Gasteiger partial charge in [-0.05, 0) is 17.5 Å². The van der Waals surface area contributed by atoms with Crippen LogP contribution in [0.2, 0.25) is 0 Å². The average molecular weight is 330 g/mol.